The Morgan fingerprint density at radius 2 is 2.11 bits per heavy atom. The zero-order chi connectivity index (χ0) is 19.2. The Labute approximate surface area is 157 Å². The zero-order valence-corrected chi connectivity index (χ0v) is 15.5. The number of nitrogens with zero attached hydrogens (tertiary/aromatic N) is 2. The van der Waals surface area contributed by atoms with Crippen LogP contribution in [-0.2, 0) is 16.1 Å². The Bertz CT molecular complexity index is 908. The summed E-state index contributed by atoms with van der Waals surface area (Å²) in [4.78, 5) is 29.8. The van der Waals surface area contributed by atoms with Gasteiger partial charge >= 0.3 is 6.03 Å². The number of anilines is 1. The Morgan fingerprint density at radius 1 is 1.30 bits per heavy atom. The maximum absolute atomic E-state index is 12.4. The van der Waals surface area contributed by atoms with E-state index in [0.29, 0.717) is 23.9 Å². The molecule has 3 heterocycles. The van der Waals surface area contributed by atoms with E-state index in [9.17, 15) is 9.59 Å². The highest BCUT2D eigenvalue weighted by Gasteiger charge is 2.45. The van der Waals surface area contributed by atoms with Crippen LogP contribution in [0.1, 0.15) is 44.4 Å². The molecule has 2 aromatic rings. The van der Waals surface area contributed by atoms with Crippen LogP contribution in [0.25, 0.3) is 0 Å². The summed E-state index contributed by atoms with van der Waals surface area (Å²) in [6.45, 7) is 5.99. The van der Waals surface area contributed by atoms with Crippen molar-refractivity contribution in [2.45, 2.75) is 45.4 Å². The third-order valence-corrected chi connectivity index (χ3v) is 4.84. The molecule has 4 rings (SSSR count). The minimum Gasteiger partial charge on any atom is -0.439 e. The molecule has 27 heavy (non-hydrogen) atoms. The van der Waals surface area contributed by atoms with E-state index in [-0.39, 0.29) is 12.0 Å². The second-order valence-electron chi connectivity index (χ2n) is 7.19. The topological polar surface area (TPSA) is 80.8 Å². The summed E-state index contributed by atoms with van der Waals surface area (Å²) in [6.07, 6.45) is 2.34. The summed E-state index contributed by atoms with van der Waals surface area (Å²) in [5, 5.41) is 2.65. The van der Waals surface area contributed by atoms with Gasteiger partial charge in [0.15, 0.2) is 0 Å². The number of hydrogen-bond donors (Lipinski definition) is 1. The van der Waals surface area contributed by atoms with Gasteiger partial charge in [-0.2, -0.15) is 0 Å². The van der Waals surface area contributed by atoms with Crippen LogP contribution in [0.15, 0.2) is 36.5 Å². The number of benzene rings is 1. The SMILES string of the molecule is CC[C@H]1OCc2cccc(Oc3ccc(N4C(=O)NC(C)(C)C4=O)cn3)c21. The van der Waals surface area contributed by atoms with Gasteiger partial charge in [-0.3, -0.25) is 4.79 Å². The average molecular weight is 367 g/mol. The van der Waals surface area contributed by atoms with Gasteiger partial charge in [0.25, 0.3) is 5.91 Å². The van der Waals surface area contributed by atoms with Gasteiger partial charge in [-0.25, -0.2) is 14.7 Å². The number of nitrogens with one attached hydrogen (secondary N) is 1. The second-order valence-corrected chi connectivity index (χ2v) is 7.19. The normalized spacial score (nSPS) is 20.6. The first-order valence-electron chi connectivity index (χ1n) is 8.94. The van der Waals surface area contributed by atoms with E-state index >= 15 is 0 Å². The van der Waals surface area contributed by atoms with Crippen molar-refractivity contribution in [3.63, 3.8) is 0 Å². The fourth-order valence-electron chi connectivity index (χ4n) is 3.43. The summed E-state index contributed by atoms with van der Waals surface area (Å²) in [6, 6.07) is 8.71. The van der Waals surface area contributed by atoms with Crippen LogP contribution >= 0.6 is 0 Å². The predicted molar refractivity (Wildman–Crippen MR) is 98.7 cm³/mol. The van der Waals surface area contributed by atoms with E-state index in [4.69, 9.17) is 9.47 Å². The molecular weight excluding hydrogens is 346 g/mol. The summed E-state index contributed by atoms with van der Waals surface area (Å²) in [5.74, 6) is 0.792. The monoisotopic (exact) mass is 367 g/mol. The fourth-order valence-corrected chi connectivity index (χ4v) is 3.43. The molecule has 3 amide bonds. The quantitative estimate of drug-likeness (QED) is 0.834. The first-order valence-corrected chi connectivity index (χ1v) is 8.94. The van der Waals surface area contributed by atoms with Crippen LogP contribution in [0.3, 0.4) is 0 Å². The standard InChI is InChI=1S/C20H21N3O4/c1-4-14-17-12(11-26-14)6-5-7-15(17)27-16-9-8-13(10-21-16)23-18(24)20(2,3)22-19(23)25/h5-10,14H,4,11H2,1-3H3,(H,22,25)/t14-/m1/s1. The van der Waals surface area contributed by atoms with Crippen molar-refractivity contribution in [1.29, 1.82) is 0 Å². The van der Waals surface area contributed by atoms with Crippen LogP contribution in [0.4, 0.5) is 10.5 Å². The van der Waals surface area contributed by atoms with E-state index in [1.54, 1.807) is 26.0 Å². The molecule has 7 heteroatoms. The Kier molecular flexibility index (Phi) is 4.11. The summed E-state index contributed by atoms with van der Waals surface area (Å²) >= 11 is 0. The van der Waals surface area contributed by atoms with Crippen molar-refractivity contribution < 1.29 is 19.1 Å². The van der Waals surface area contributed by atoms with Crippen molar-refractivity contribution in [2.24, 2.45) is 0 Å². The van der Waals surface area contributed by atoms with E-state index in [0.717, 1.165) is 22.4 Å². The van der Waals surface area contributed by atoms with Gasteiger partial charge in [-0.15, -0.1) is 0 Å². The van der Waals surface area contributed by atoms with E-state index in [1.807, 2.05) is 18.2 Å². The molecule has 0 unspecified atom stereocenters. The smallest absolute Gasteiger partial charge is 0.329 e. The number of pyridine rings is 1. The van der Waals surface area contributed by atoms with Crippen molar-refractivity contribution >= 4 is 17.6 Å². The summed E-state index contributed by atoms with van der Waals surface area (Å²) < 4.78 is 11.8. The van der Waals surface area contributed by atoms with Crippen molar-refractivity contribution in [1.82, 2.24) is 10.3 Å². The highest BCUT2D eigenvalue weighted by molar-refractivity contribution is 6.22. The molecule has 0 bridgehead atoms. The lowest BCUT2D eigenvalue weighted by Crippen LogP contribution is -2.40. The molecule has 0 saturated carbocycles. The van der Waals surface area contributed by atoms with Crippen molar-refractivity contribution in [2.75, 3.05) is 4.90 Å². The highest BCUT2D eigenvalue weighted by Crippen LogP contribution is 2.40. The molecule has 0 aliphatic carbocycles. The maximum atomic E-state index is 12.4. The Hall–Kier alpha value is -2.93. The van der Waals surface area contributed by atoms with E-state index < -0.39 is 11.6 Å². The molecule has 1 atom stereocenters. The lowest BCUT2D eigenvalue weighted by Gasteiger charge is -2.16. The van der Waals surface area contributed by atoms with Crippen LogP contribution in [0.5, 0.6) is 11.6 Å². The van der Waals surface area contributed by atoms with Gasteiger partial charge in [0, 0.05) is 11.6 Å². The molecule has 1 N–H and O–H groups in total. The summed E-state index contributed by atoms with van der Waals surface area (Å²) in [7, 11) is 0. The number of fused-ring (bicyclic) bond motifs is 1. The molecule has 2 aliphatic rings. The molecule has 0 spiro atoms. The Balaban J connectivity index is 1.58. The van der Waals surface area contributed by atoms with Gasteiger partial charge in [-0.05, 0) is 38.0 Å². The highest BCUT2D eigenvalue weighted by atomic mass is 16.5. The molecule has 1 saturated heterocycles. The van der Waals surface area contributed by atoms with Gasteiger partial charge in [0.1, 0.15) is 11.3 Å². The van der Waals surface area contributed by atoms with Crippen LogP contribution in [0.2, 0.25) is 0 Å². The fraction of sp³-hybridized carbons (Fsp3) is 0.350. The minimum atomic E-state index is -0.925. The third-order valence-electron chi connectivity index (χ3n) is 4.84. The lowest BCUT2D eigenvalue weighted by molar-refractivity contribution is -0.121. The molecular formula is C20H21N3O4. The molecule has 1 aromatic heterocycles. The molecule has 2 aliphatic heterocycles. The summed E-state index contributed by atoms with van der Waals surface area (Å²) in [5.41, 5.74) is 1.66. The first kappa shape index (κ1) is 17.5. The van der Waals surface area contributed by atoms with Crippen LogP contribution in [0, 0.1) is 0 Å². The number of aromatic nitrogens is 1. The van der Waals surface area contributed by atoms with Gasteiger partial charge < -0.3 is 14.8 Å². The van der Waals surface area contributed by atoms with Crippen molar-refractivity contribution in [3.05, 3.63) is 47.7 Å². The molecule has 7 nitrogen and oxygen atoms in total. The maximum Gasteiger partial charge on any atom is 0.329 e. The number of ether oxygens (including phenoxy) is 2. The van der Waals surface area contributed by atoms with E-state index in [1.165, 1.54) is 6.20 Å². The second kappa shape index (κ2) is 6.35. The Morgan fingerprint density at radius 3 is 2.74 bits per heavy atom. The number of hydrogen-bond acceptors (Lipinski definition) is 5. The lowest BCUT2D eigenvalue weighted by atomic mass is 10.0. The number of urea groups is 1. The molecule has 1 fully saturated rings. The molecule has 0 radical (unpaired) electrons. The number of rotatable bonds is 4. The number of amides is 3. The molecule has 140 valence electrons. The zero-order valence-electron chi connectivity index (χ0n) is 15.5. The van der Waals surface area contributed by atoms with Crippen LogP contribution < -0.4 is 15.0 Å². The average Bonchev–Trinajstić information content (AvgIpc) is 3.15. The first-order chi connectivity index (χ1) is 12.9. The number of carbonyl (C=O) groups excluding carboxylic acids is 2. The molecule has 1 aromatic carbocycles. The number of carbonyl (C=O) groups is 2. The minimum absolute atomic E-state index is 0.0172. The third kappa shape index (κ3) is 2.94. The predicted octanol–water partition coefficient (Wildman–Crippen LogP) is 3.69. The van der Waals surface area contributed by atoms with Gasteiger partial charge in [0.05, 0.1) is 24.6 Å². The van der Waals surface area contributed by atoms with Gasteiger partial charge in [-0.1, -0.05) is 19.1 Å². The van der Waals surface area contributed by atoms with Gasteiger partial charge in [0.2, 0.25) is 5.88 Å². The van der Waals surface area contributed by atoms with Crippen molar-refractivity contribution in [3.8, 4) is 11.6 Å². The largest absolute Gasteiger partial charge is 0.439 e. The van der Waals surface area contributed by atoms with Crippen LogP contribution in [-0.4, -0.2) is 22.5 Å². The van der Waals surface area contributed by atoms with E-state index in [2.05, 4.69) is 17.2 Å². The number of imide groups is 1.